The van der Waals surface area contributed by atoms with Gasteiger partial charge in [-0.2, -0.15) is 0 Å². The van der Waals surface area contributed by atoms with Crippen LogP contribution in [-0.2, 0) is 47.2 Å². The normalized spacial score (nSPS) is 18.1. The number of rotatable bonds is 59. The van der Waals surface area contributed by atoms with Gasteiger partial charge in [0.25, 0.3) is 0 Å². The first-order valence-corrected chi connectivity index (χ1v) is 35.9. The maximum absolute atomic E-state index is 14.1. The SMILES string of the molecule is CCCCCCCCCCCCCCCCCC(=O)O[C@H](CCCCCCCCCCC)CC(=O)N[C@@H]1[C@@H](OC(=O)C[C@@H](CCCCCCCCCCC)OC(=O)CCCCCCCCCCCCC)[C@H](OP(=O)(O)O)[C@@H](CO)O[C@@H]1O. The van der Waals surface area contributed by atoms with Gasteiger partial charge in [0.15, 0.2) is 12.4 Å². The predicted octanol–water partition coefficient (Wildman–Crippen LogP) is 17.0. The first-order chi connectivity index (χ1) is 39.8. The number of aliphatic hydroxyl groups is 2. The van der Waals surface area contributed by atoms with Gasteiger partial charge in [-0.05, 0) is 38.5 Å². The number of nitrogens with one attached hydrogen (secondary N) is 1. The molecular formula is C66H126NO14P. The number of carbonyl (C=O) groups is 4. The predicted molar refractivity (Wildman–Crippen MR) is 330 cm³/mol. The summed E-state index contributed by atoms with van der Waals surface area (Å²) in [5.74, 6) is -2.43. The van der Waals surface area contributed by atoms with Gasteiger partial charge in [0.05, 0.1) is 19.4 Å². The molecular weight excluding hydrogens is 1060 g/mol. The lowest BCUT2D eigenvalue weighted by Gasteiger charge is -2.43. The maximum atomic E-state index is 14.1. The molecule has 1 amide bonds. The Bertz CT molecular complexity index is 1570. The van der Waals surface area contributed by atoms with Gasteiger partial charge in [0, 0.05) is 12.8 Å². The lowest BCUT2D eigenvalue weighted by molar-refractivity contribution is -0.256. The fourth-order valence-corrected chi connectivity index (χ4v) is 11.9. The molecule has 1 heterocycles. The molecule has 0 saturated carbocycles. The first-order valence-electron chi connectivity index (χ1n) is 34.3. The molecule has 0 spiro atoms. The van der Waals surface area contributed by atoms with Gasteiger partial charge >= 0.3 is 25.7 Å². The molecule has 0 aromatic carbocycles. The van der Waals surface area contributed by atoms with Gasteiger partial charge in [0.1, 0.15) is 30.5 Å². The molecule has 15 nitrogen and oxygen atoms in total. The monoisotopic (exact) mass is 1190 g/mol. The van der Waals surface area contributed by atoms with E-state index in [4.69, 9.17) is 23.5 Å². The van der Waals surface area contributed by atoms with Crippen molar-refractivity contribution in [1.82, 2.24) is 5.32 Å². The topological polar surface area (TPSA) is 224 Å². The summed E-state index contributed by atoms with van der Waals surface area (Å²) in [6, 6.07) is -1.63. The minimum atomic E-state index is -5.35. The van der Waals surface area contributed by atoms with Gasteiger partial charge in [0.2, 0.25) is 5.91 Å². The molecule has 7 atom stereocenters. The average molecular weight is 1190 g/mol. The van der Waals surface area contributed by atoms with Crippen LogP contribution >= 0.6 is 7.82 Å². The van der Waals surface area contributed by atoms with Crippen LogP contribution in [0, 0.1) is 0 Å². The van der Waals surface area contributed by atoms with Crippen molar-refractivity contribution in [3.63, 3.8) is 0 Å². The van der Waals surface area contributed by atoms with E-state index in [1.165, 1.54) is 167 Å². The largest absolute Gasteiger partial charge is 0.470 e. The Hall–Kier alpha value is -2.13. The lowest BCUT2D eigenvalue weighted by atomic mass is 9.96. The van der Waals surface area contributed by atoms with Crippen molar-refractivity contribution >= 4 is 31.6 Å². The van der Waals surface area contributed by atoms with Crippen LogP contribution in [0.4, 0.5) is 0 Å². The third-order valence-electron chi connectivity index (χ3n) is 16.3. The number of phosphoric acid groups is 1. The van der Waals surface area contributed by atoms with Crippen LogP contribution in [0.15, 0.2) is 0 Å². The van der Waals surface area contributed by atoms with E-state index in [1.807, 2.05) is 0 Å². The zero-order valence-corrected chi connectivity index (χ0v) is 53.8. The summed E-state index contributed by atoms with van der Waals surface area (Å²) in [6.07, 6.45) is 41.7. The van der Waals surface area contributed by atoms with Crippen LogP contribution in [0.2, 0.25) is 0 Å². The Morgan fingerprint density at radius 3 is 1.06 bits per heavy atom. The molecule has 0 unspecified atom stereocenters. The van der Waals surface area contributed by atoms with Gasteiger partial charge in [-0.1, -0.05) is 285 Å². The van der Waals surface area contributed by atoms with Gasteiger partial charge < -0.3 is 44.3 Å². The van der Waals surface area contributed by atoms with Gasteiger partial charge in [-0.15, -0.1) is 0 Å². The molecule has 0 radical (unpaired) electrons. The van der Waals surface area contributed by atoms with E-state index in [0.717, 1.165) is 96.3 Å². The summed E-state index contributed by atoms with van der Waals surface area (Å²) >= 11 is 0. The summed E-state index contributed by atoms with van der Waals surface area (Å²) < 4.78 is 40.9. The number of amides is 1. The highest BCUT2D eigenvalue weighted by Gasteiger charge is 2.51. The summed E-state index contributed by atoms with van der Waals surface area (Å²) in [4.78, 5) is 74.8. The standard InChI is InChI=1S/C66H126NO14P/c1-5-9-13-17-21-25-27-28-29-30-32-36-40-43-47-51-60(70)77-56(49-45-41-37-33-23-19-15-11-7-3)53-59(69)67-63-65(64(81-82(74,75)76)58(55-68)79-66(63)73)80-62(72)54-57(50-46-42-38-34-24-20-16-12-8-4)78-61(71)52-48-44-39-35-31-26-22-18-14-10-6-2/h56-58,63-66,68,73H,5-55H2,1-4H3,(H,67,69)(H2,74,75,76)/t56-,57-,58-,63-,64-,65-,66+/m1/s1. The van der Waals surface area contributed by atoms with E-state index >= 15 is 0 Å². The highest BCUT2D eigenvalue weighted by Crippen LogP contribution is 2.42. The van der Waals surface area contributed by atoms with Crippen molar-refractivity contribution < 1.29 is 67.2 Å². The number of esters is 3. The second-order valence-electron chi connectivity index (χ2n) is 24.2. The van der Waals surface area contributed by atoms with Crippen molar-refractivity contribution in [3.8, 4) is 0 Å². The molecule has 5 N–H and O–H groups in total. The third kappa shape index (κ3) is 45.2. The molecule has 0 aromatic heterocycles. The van der Waals surface area contributed by atoms with E-state index in [0.29, 0.717) is 32.1 Å². The minimum absolute atomic E-state index is 0.200. The van der Waals surface area contributed by atoms with E-state index < -0.39 is 87.5 Å². The molecule has 82 heavy (non-hydrogen) atoms. The molecule has 0 bridgehead atoms. The van der Waals surface area contributed by atoms with Crippen LogP contribution < -0.4 is 5.32 Å². The van der Waals surface area contributed by atoms with Crippen LogP contribution in [0.1, 0.15) is 349 Å². The second-order valence-corrected chi connectivity index (χ2v) is 25.4. The maximum Gasteiger partial charge on any atom is 0.470 e. The van der Waals surface area contributed by atoms with Crippen molar-refractivity contribution in [2.75, 3.05) is 6.61 Å². The van der Waals surface area contributed by atoms with Crippen LogP contribution in [0.5, 0.6) is 0 Å². The summed E-state index contributed by atoms with van der Waals surface area (Å²) in [6.45, 7) is 7.98. The fourth-order valence-electron chi connectivity index (χ4n) is 11.3. The van der Waals surface area contributed by atoms with E-state index in [2.05, 4.69) is 33.0 Å². The van der Waals surface area contributed by atoms with Crippen LogP contribution in [0.3, 0.4) is 0 Å². The Morgan fingerprint density at radius 1 is 0.439 bits per heavy atom. The Kier molecular flexibility index (Phi) is 51.5. The quantitative estimate of drug-likeness (QED) is 0.0165. The van der Waals surface area contributed by atoms with Gasteiger partial charge in [-0.3, -0.25) is 23.7 Å². The van der Waals surface area contributed by atoms with Gasteiger partial charge in [-0.25, -0.2) is 4.57 Å². The molecule has 16 heteroatoms. The molecule has 1 fully saturated rings. The molecule has 0 aliphatic carbocycles. The zero-order valence-electron chi connectivity index (χ0n) is 52.9. The number of carbonyl (C=O) groups excluding carboxylic acids is 4. The zero-order chi connectivity index (χ0) is 60.2. The lowest BCUT2D eigenvalue weighted by Crippen LogP contribution is -2.65. The molecule has 484 valence electrons. The molecule has 0 aromatic rings. The molecule has 1 aliphatic rings. The average Bonchev–Trinajstić information content (AvgIpc) is 3.48. The third-order valence-corrected chi connectivity index (χ3v) is 16.8. The molecule has 1 saturated heterocycles. The number of hydrogen-bond acceptors (Lipinski definition) is 12. The number of phosphoric ester groups is 1. The number of ether oxygens (including phenoxy) is 4. The first kappa shape index (κ1) is 77.9. The number of hydrogen-bond donors (Lipinski definition) is 5. The fraction of sp³-hybridized carbons (Fsp3) is 0.939. The van der Waals surface area contributed by atoms with E-state index in [1.54, 1.807) is 0 Å². The molecule has 1 aliphatic heterocycles. The highest BCUT2D eigenvalue weighted by molar-refractivity contribution is 7.46. The Balaban J connectivity index is 3.10. The smallest absolute Gasteiger partial charge is 0.462 e. The second kappa shape index (κ2) is 54.3. The van der Waals surface area contributed by atoms with Crippen molar-refractivity contribution in [1.29, 1.82) is 0 Å². The summed E-state index contributed by atoms with van der Waals surface area (Å²) in [5, 5.41) is 24.3. The molecule has 1 rings (SSSR count). The highest BCUT2D eigenvalue weighted by atomic mass is 31.2. The summed E-state index contributed by atoms with van der Waals surface area (Å²) in [7, 11) is -5.35. The van der Waals surface area contributed by atoms with Crippen LogP contribution in [0.25, 0.3) is 0 Å². The number of aliphatic hydroxyl groups excluding tert-OH is 2. The Labute approximate surface area is 500 Å². The number of unbranched alkanes of at least 4 members (excludes halogenated alkanes) is 40. The summed E-state index contributed by atoms with van der Waals surface area (Å²) in [5.41, 5.74) is 0. The van der Waals surface area contributed by atoms with E-state index in [9.17, 15) is 43.7 Å². The van der Waals surface area contributed by atoms with Crippen molar-refractivity contribution in [2.24, 2.45) is 0 Å². The van der Waals surface area contributed by atoms with Crippen molar-refractivity contribution in [3.05, 3.63) is 0 Å². The van der Waals surface area contributed by atoms with Crippen LogP contribution in [-0.4, -0.2) is 93.3 Å². The minimum Gasteiger partial charge on any atom is -0.462 e. The van der Waals surface area contributed by atoms with Crippen molar-refractivity contribution in [2.45, 2.75) is 392 Å². The van der Waals surface area contributed by atoms with E-state index in [-0.39, 0.29) is 19.3 Å². The Morgan fingerprint density at radius 2 is 0.744 bits per heavy atom.